The number of aromatic amines is 1. The SMILES string of the molecule is COc1ccc(-c2n[nH]c(C3CC3)c2NC(=O)CC(C)(C)C)cc1. The van der Waals surface area contributed by atoms with Crippen molar-refractivity contribution < 1.29 is 9.53 Å². The molecule has 5 heteroatoms. The number of amides is 1. The fourth-order valence-electron chi connectivity index (χ4n) is 2.77. The van der Waals surface area contributed by atoms with E-state index in [9.17, 15) is 4.79 Å². The van der Waals surface area contributed by atoms with Crippen molar-refractivity contribution in [3.63, 3.8) is 0 Å². The summed E-state index contributed by atoms with van der Waals surface area (Å²) in [6.45, 7) is 6.19. The molecule has 1 aliphatic rings. The zero-order valence-corrected chi connectivity index (χ0v) is 14.8. The van der Waals surface area contributed by atoms with Crippen LogP contribution in [0.3, 0.4) is 0 Å². The Labute approximate surface area is 142 Å². The molecular formula is C19H25N3O2. The average Bonchev–Trinajstić information content (AvgIpc) is 3.27. The normalized spacial score (nSPS) is 14.5. The summed E-state index contributed by atoms with van der Waals surface area (Å²) < 4.78 is 5.21. The summed E-state index contributed by atoms with van der Waals surface area (Å²) in [4.78, 5) is 12.4. The largest absolute Gasteiger partial charge is 0.497 e. The highest BCUT2D eigenvalue weighted by molar-refractivity contribution is 5.96. The Morgan fingerprint density at radius 3 is 2.50 bits per heavy atom. The van der Waals surface area contributed by atoms with Gasteiger partial charge in [0.15, 0.2) is 0 Å². The highest BCUT2D eigenvalue weighted by atomic mass is 16.5. The fraction of sp³-hybridized carbons (Fsp3) is 0.474. The lowest BCUT2D eigenvalue weighted by Crippen LogP contribution is -2.20. The molecule has 2 aromatic rings. The maximum atomic E-state index is 12.4. The van der Waals surface area contributed by atoms with Crippen LogP contribution >= 0.6 is 0 Å². The maximum Gasteiger partial charge on any atom is 0.225 e. The van der Waals surface area contributed by atoms with Gasteiger partial charge in [-0.1, -0.05) is 20.8 Å². The molecule has 1 fully saturated rings. The third-order valence-corrected chi connectivity index (χ3v) is 4.10. The molecule has 0 saturated heterocycles. The molecule has 0 spiro atoms. The quantitative estimate of drug-likeness (QED) is 0.858. The van der Waals surface area contributed by atoms with Gasteiger partial charge in [-0.3, -0.25) is 9.89 Å². The third-order valence-electron chi connectivity index (χ3n) is 4.10. The Bertz CT molecular complexity index is 722. The van der Waals surface area contributed by atoms with E-state index in [2.05, 4.69) is 36.3 Å². The smallest absolute Gasteiger partial charge is 0.225 e. The highest BCUT2D eigenvalue weighted by Gasteiger charge is 2.31. The van der Waals surface area contributed by atoms with Crippen LogP contribution in [-0.2, 0) is 4.79 Å². The minimum atomic E-state index is -0.0478. The molecule has 2 N–H and O–H groups in total. The Morgan fingerprint density at radius 1 is 1.29 bits per heavy atom. The van der Waals surface area contributed by atoms with Crippen LogP contribution in [0.15, 0.2) is 24.3 Å². The van der Waals surface area contributed by atoms with Crippen molar-refractivity contribution in [2.24, 2.45) is 5.41 Å². The summed E-state index contributed by atoms with van der Waals surface area (Å²) in [6, 6.07) is 7.74. The number of anilines is 1. The monoisotopic (exact) mass is 327 g/mol. The molecule has 0 aliphatic heterocycles. The van der Waals surface area contributed by atoms with Gasteiger partial charge in [0.2, 0.25) is 5.91 Å². The minimum absolute atomic E-state index is 0.0283. The van der Waals surface area contributed by atoms with Gasteiger partial charge in [0.25, 0.3) is 0 Å². The van der Waals surface area contributed by atoms with Gasteiger partial charge in [-0.2, -0.15) is 5.10 Å². The molecule has 0 bridgehead atoms. The predicted molar refractivity (Wildman–Crippen MR) is 95.3 cm³/mol. The number of nitrogens with one attached hydrogen (secondary N) is 2. The number of hydrogen-bond acceptors (Lipinski definition) is 3. The first-order valence-electron chi connectivity index (χ1n) is 8.40. The van der Waals surface area contributed by atoms with Crippen LogP contribution in [0.1, 0.15) is 51.6 Å². The molecule has 1 aromatic carbocycles. The number of ether oxygens (including phenoxy) is 1. The van der Waals surface area contributed by atoms with Crippen molar-refractivity contribution in [2.75, 3.05) is 12.4 Å². The van der Waals surface area contributed by atoms with Gasteiger partial charge in [-0.15, -0.1) is 0 Å². The van der Waals surface area contributed by atoms with E-state index in [1.807, 2.05) is 24.3 Å². The zero-order valence-electron chi connectivity index (χ0n) is 14.8. The Morgan fingerprint density at radius 2 is 1.96 bits per heavy atom. The van der Waals surface area contributed by atoms with Crippen molar-refractivity contribution in [1.29, 1.82) is 0 Å². The van der Waals surface area contributed by atoms with Crippen LogP contribution in [0.2, 0.25) is 0 Å². The number of nitrogens with zero attached hydrogens (tertiary/aromatic N) is 1. The van der Waals surface area contributed by atoms with E-state index in [0.29, 0.717) is 12.3 Å². The van der Waals surface area contributed by atoms with E-state index in [-0.39, 0.29) is 11.3 Å². The standard InChI is InChI=1S/C19H25N3O2/c1-19(2,3)11-15(23)20-18-16(12-5-6-12)21-22-17(18)13-7-9-14(24-4)10-8-13/h7-10,12H,5-6,11H2,1-4H3,(H,20,23)(H,21,22). The maximum absolute atomic E-state index is 12.4. The van der Waals surface area contributed by atoms with Gasteiger partial charge in [-0.05, 0) is 42.5 Å². The van der Waals surface area contributed by atoms with Crippen molar-refractivity contribution in [1.82, 2.24) is 10.2 Å². The Hall–Kier alpha value is -2.30. The summed E-state index contributed by atoms with van der Waals surface area (Å²) in [6.07, 6.45) is 2.77. The molecule has 0 unspecified atom stereocenters. The summed E-state index contributed by atoms with van der Waals surface area (Å²) in [5.74, 6) is 1.31. The number of hydrogen-bond donors (Lipinski definition) is 2. The summed E-state index contributed by atoms with van der Waals surface area (Å²) in [5.41, 5.74) is 3.58. The van der Waals surface area contributed by atoms with Gasteiger partial charge in [-0.25, -0.2) is 0 Å². The molecule has 0 atom stereocenters. The van der Waals surface area contributed by atoms with Crippen LogP contribution in [0.25, 0.3) is 11.3 Å². The Balaban J connectivity index is 1.90. The highest BCUT2D eigenvalue weighted by Crippen LogP contribution is 2.45. The van der Waals surface area contributed by atoms with E-state index >= 15 is 0 Å². The number of methoxy groups -OCH3 is 1. The van der Waals surface area contributed by atoms with Gasteiger partial charge >= 0.3 is 0 Å². The van der Waals surface area contributed by atoms with Gasteiger partial charge in [0.05, 0.1) is 18.5 Å². The molecule has 128 valence electrons. The van der Waals surface area contributed by atoms with Crippen LogP contribution in [0.4, 0.5) is 5.69 Å². The molecule has 3 rings (SSSR count). The number of carbonyl (C=O) groups excluding carboxylic acids is 1. The van der Waals surface area contributed by atoms with Crippen molar-refractivity contribution in [3.8, 4) is 17.0 Å². The van der Waals surface area contributed by atoms with E-state index in [0.717, 1.165) is 41.2 Å². The number of rotatable bonds is 5. The van der Waals surface area contributed by atoms with Crippen LogP contribution in [-0.4, -0.2) is 23.2 Å². The molecule has 24 heavy (non-hydrogen) atoms. The summed E-state index contributed by atoms with van der Waals surface area (Å²) in [7, 11) is 1.65. The van der Waals surface area contributed by atoms with Gasteiger partial charge in [0.1, 0.15) is 11.4 Å². The topological polar surface area (TPSA) is 67.0 Å². The lowest BCUT2D eigenvalue weighted by Gasteiger charge is -2.17. The second-order valence-corrected chi connectivity index (χ2v) is 7.65. The average molecular weight is 327 g/mol. The van der Waals surface area contributed by atoms with Gasteiger partial charge in [0, 0.05) is 17.9 Å². The van der Waals surface area contributed by atoms with Crippen molar-refractivity contribution in [2.45, 2.75) is 46.0 Å². The first kappa shape index (κ1) is 16.6. The minimum Gasteiger partial charge on any atom is -0.497 e. The lowest BCUT2D eigenvalue weighted by molar-refractivity contribution is -0.117. The molecule has 5 nitrogen and oxygen atoms in total. The van der Waals surface area contributed by atoms with E-state index in [4.69, 9.17) is 4.74 Å². The molecule has 1 aliphatic carbocycles. The molecule has 0 radical (unpaired) electrons. The number of carbonyl (C=O) groups is 1. The van der Waals surface area contributed by atoms with Crippen LogP contribution in [0.5, 0.6) is 5.75 Å². The number of H-pyrrole nitrogens is 1. The number of aromatic nitrogens is 2. The van der Waals surface area contributed by atoms with Crippen LogP contribution < -0.4 is 10.1 Å². The summed E-state index contributed by atoms with van der Waals surface area (Å²) in [5, 5.41) is 10.7. The van der Waals surface area contributed by atoms with E-state index in [1.54, 1.807) is 7.11 Å². The summed E-state index contributed by atoms with van der Waals surface area (Å²) >= 11 is 0. The van der Waals surface area contributed by atoms with E-state index in [1.165, 1.54) is 0 Å². The molecule has 1 heterocycles. The predicted octanol–water partition coefficient (Wildman–Crippen LogP) is 4.34. The van der Waals surface area contributed by atoms with Crippen molar-refractivity contribution >= 4 is 11.6 Å². The van der Waals surface area contributed by atoms with E-state index < -0.39 is 0 Å². The molecule has 1 amide bonds. The van der Waals surface area contributed by atoms with Crippen molar-refractivity contribution in [3.05, 3.63) is 30.0 Å². The van der Waals surface area contributed by atoms with Crippen LogP contribution in [0, 0.1) is 5.41 Å². The zero-order chi connectivity index (χ0) is 17.3. The molecule has 1 aromatic heterocycles. The second kappa shape index (κ2) is 6.30. The lowest BCUT2D eigenvalue weighted by atomic mass is 9.92. The fourth-order valence-corrected chi connectivity index (χ4v) is 2.77. The third kappa shape index (κ3) is 3.78. The second-order valence-electron chi connectivity index (χ2n) is 7.65. The first-order valence-corrected chi connectivity index (χ1v) is 8.40. The molecule has 1 saturated carbocycles. The molecular weight excluding hydrogens is 302 g/mol. The number of benzene rings is 1. The first-order chi connectivity index (χ1) is 11.4. The Kier molecular flexibility index (Phi) is 4.35. The van der Waals surface area contributed by atoms with Gasteiger partial charge < -0.3 is 10.1 Å².